The van der Waals surface area contributed by atoms with Gasteiger partial charge in [0.2, 0.25) is 0 Å². The molecule has 2 aliphatic heterocycles. The average Bonchev–Trinajstić information content (AvgIpc) is 3.14. The van der Waals surface area contributed by atoms with Gasteiger partial charge in [-0.2, -0.15) is 5.10 Å². The van der Waals surface area contributed by atoms with E-state index in [1.54, 1.807) is 6.20 Å². The van der Waals surface area contributed by atoms with Gasteiger partial charge in [-0.25, -0.2) is 0 Å². The Morgan fingerprint density at radius 3 is 2.88 bits per heavy atom. The van der Waals surface area contributed by atoms with Crippen molar-refractivity contribution in [1.29, 1.82) is 0 Å². The molecule has 0 spiro atoms. The fourth-order valence-corrected chi connectivity index (χ4v) is 3.78. The van der Waals surface area contributed by atoms with Crippen LogP contribution in [-0.4, -0.2) is 61.8 Å². The van der Waals surface area contributed by atoms with Crippen LogP contribution in [0.15, 0.2) is 12.3 Å². The van der Waals surface area contributed by atoms with Crippen molar-refractivity contribution in [3.8, 4) is 0 Å². The summed E-state index contributed by atoms with van der Waals surface area (Å²) < 4.78 is 3.83. The second-order valence-corrected chi connectivity index (χ2v) is 7.27. The first-order chi connectivity index (χ1) is 12.1. The molecule has 2 aliphatic rings. The van der Waals surface area contributed by atoms with Crippen molar-refractivity contribution in [3.63, 3.8) is 0 Å². The molecule has 8 heteroatoms. The Morgan fingerprint density at radius 1 is 1.36 bits per heavy atom. The minimum Gasteiger partial charge on any atom is -0.333 e. The number of amides is 1. The Balaban J connectivity index is 1.34. The molecule has 25 heavy (non-hydrogen) atoms. The molecule has 2 fully saturated rings. The van der Waals surface area contributed by atoms with Crippen LogP contribution in [0.1, 0.15) is 40.8 Å². The van der Waals surface area contributed by atoms with Crippen molar-refractivity contribution in [3.05, 3.63) is 29.3 Å². The molecule has 0 aliphatic carbocycles. The molecule has 1 unspecified atom stereocenters. The Morgan fingerprint density at radius 2 is 2.20 bits per heavy atom. The van der Waals surface area contributed by atoms with Crippen molar-refractivity contribution in [1.82, 2.24) is 35.0 Å². The summed E-state index contributed by atoms with van der Waals surface area (Å²) in [7, 11) is 0. The zero-order chi connectivity index (χ0) is 17.4. The Hall–Kier alpha value is -2.22. The van der Waals surface area contributed by atoms with Crippen molar-refractivity contribution in [2.75, 3.05) is 26.2 Å². The number of rotatable bonds is 4. The van der Waals surface area contributed by atoms with Crippen LogP contribution in [-0.2, 0) is 6.54 Å². The fourth-order valence-electron chi connectivity index (χ4n) is 3.78. The van der Waals surface area contributed by atoms with Crippen LogP contribution < -0.4 is 5.32 Å². The van der Waals surface area contributed by atoms with Crippen molar-refractivity contribution >= 4 is 5.91 Å². The highest BCUT2D eigenvalue weighted by atomic mass is 16.2. The van der Waals surface area contributed by atoms with E-state index in [0.29, 0.717) is 24.7 Å². The van der Waals surface area contributed by atoms with E-state index in [4.69, 9.17) is 0 Å². The van der Waals surface area contributed by atoms with E-state index in [-0.39, 0.29) is 11.9 Å². The van der Waals surface area contributed by atoms with Gasteiger partial charge in [0.15, 0.2) is 5.69 Å². The van der Waals surface area contributed by atoms with Crippen LogP contribution in [0.25, 0.3) is 0 Å². The van der Waals surface area contributed by atoms with Gasteiger partial charge in [-0.1, -0.05) is 5.21 Å². The number of nitrogens with zero attached hydrogens (tertiary/aromatic N) is 6. The smallest absolute Gasteiger partial charge is 0.276 e. The predicted octanol–water partition coefficient (Wildman–Crippen LogP) is 0.788. The first kappa shape index (κ1) is 16.3. The molecule has 0 bridgehead atoms. The standard InChI is InChI=1S/C17H25N7O/c1-12-6-13(2)24(20-12)15-9-22(10-15)17(25)16-11-23(21-19-16)8-14-4-3-5-18-7-14/h6,11,14-15,18H,3-5,7-10H2,1-2H3. The summed E-state index contributed by atoms with van der Waals surface area (Å²) in [6, 6.07) is 2.33. The zero-order valence-corrected chi connectivity index (χ0v) is 14.9. The van der Waals surface area contributed by atoms with Crippen LogP contribution >= 0.6 is 0 Å². The van der Waals surface area contributed by atoms with E-state index in [0.717, 1.165) is 31.0 Å². The molecular weight excluding hydrogens is 318 g/mol. The lowest BCUT2D eigenvalue weighted by Gasteiger charge is -2.39. The molecule has 2 aromatic rings. The predicted molar refractivity (Wildman–Crippen MR) is 92.3 cm³/mol. The molecule has 134 valence electrons. The Labute approximate surface area is 147 Å². The molecule has 1 amide bonds. The van der Waals surface area contributed by atoms with Crippen LogP contribution in [0.5, 0.6) is 0 Å². The topological polar surface area (TPSA) is 80.9 Å². The number of aryl methyl sites for hydroxylation is 2. The van der Waals surface area contributed by atoms with E-state index >= 15 is 0 Å². The summed E-state index contributed by atoms with van der Waals surface area (Å²) in [4.78, 5) is 14.4. The van der Waals surface area contributed by atoms with E-state index in [2.05, 4.69) is 33.7 Å². The number of nitrogens with one attached hydrogen (secondary N) is 1. The lowest BCUT2D eigenvalue weighted by Crippen LogP contribution is -2.51. The molecule has 0 aromatic carbocycles. The monoisotopic (exact) mass is 343 g/mol. The Kier molecular flexibility index (Phi) is 4.29. The maximum Gasteiger partial charge on any atom is 0.276 e. The third-order valence-electron chi connectivity index (χ3n) is 5.14. The third kappa shape index (κ3) is 3.30. The van der Waals surface area contributed by atoms with Gasteiger partial charge in [-0.15, -0.1) is 5.10 Å². The number of piperidine rings is 1. The van der Waals surface area contributed by atoms with Gasteiger partial charge in [-0.3, -0.25) is 14.2 Å². The first-order valence-electron chi connectivity index (χ1n) is 9.03. The van der Waals surface area contributed by atoms with E-state index in [1.807, 2.05) is 21.2 Å². The lowest BCUT2D eigenvalue weighted by atomic mass is 10.00. The fraction of sp³-hybridized carbons (Fsp3) is 0.647. The number of hydrogen-bond acceptors (Lipinski definition) is 5. The lowest BCUT2D eigenvalue weighted by molar-refractivity contribution is 0.0491. The molecule has 1 N–H and O–H groups in total. The number of carbonyl (C=O) groups is 1. The maximum absolute atomic E-state index is 12.6. The maximum atomic E-state index is 12.6. The summed E-state index contributed by atoms with van der Waals surface area (Å²) in [6.07, 6.45) is 4.19. The van der Waals surface area contributed by atoms with E-state index in [1.165, 1.54) is 12.8 Å². The highest BCUT2D eigenvalue weighted by molar-refractivity contribution is 5.92. The minimum absolute atomic E-state index is 0.0363. The quantitative estimate of drug-likeness (QED) is 0.888. The molecule has 1 atom stereocenters. The van der Waals surface area contributed by atoms with Gasteiger partial charge < -0.3 is 10.2 Å². The highest BCUT2D eigenvalue weighted by Gasteiger charge is 2.34. The van der Waals surface area contributed by atoms with E-state index < -0.39 is 0 Å². The summed E-state index contributed by atoms with van der Waals surface area (Å²) >= 11 is 0. The van der Waals surface area contributed by atoms with Gasteiger partial charge in [-0.05, 0) is 51.8 Å². The molecule has 0 radical (unpaired) electrons. The molecule has 2 saturated heterocycles. The minimum atomic E-state index is -0.0363. The van der Waals surface area contributed by atoms with Crippen molar-refractivity contribution in [2.24, 2.45) is 5.92 Å². The SMILES string of the molecule is Cc1cc(C)n(C2CN(C(=O)c3cn(CC4CCCNC4)nn3)C2)n1. The van der Waals surface area contributed by atoms with Crippen LogP contribution in [0.4, 0.5) is 0 Å². The second-order valence-electron chi connectivity index (χ2n) is 7.27. The molecule has 0 saturated carbocycles. The van der Waals surface area contributed by atoms with Gasteiger partial charge in [0.05, 0.1) is 17.9 Å². The van der Waals surface area contributed by atoms with Crippen LogP contribution in [0.3, 0.4) is 0 Å². The number of hydrogen-bond donors (Lipinski definition) is 1. The van der Waals surface area contributed by atoms with Gasteiger partial charge in [0, 0.05) is 25.3 Å². The summed E-state index contributed by atoms with van der Waals surface area (Å²) in [5.41, 5.74) is 2.60. The molecule has 4 rings (SSSR count). The summed E-state index contributed by atoms with van der Waals surface area (Å²) in [6.45, 7) is 8.34. The third-order valence-corrected chi connectivity index (χ3v) is 5.14. The van der Waals surface area contributed by atoms with Gasteiger partial charge >= 0.3 is 0 Å². The molecule has 4 heterocycles. The number of aromatic nitrogens is 5. The van der Waals surface area contributed by atoms with Crippen molar-refractivity contribution in [2.45, 2.75) is 39.3 Å². The highest BCUT2D eigenvalue weighted by Crippen LogP contribution is 2.24. The largest absolute Gasteiger partial charge is 0.333 e. The molecule has 2 aromatic heterocycles. The first-order valence-corrected chi connectivity index (χ1v) is 9.03. The summed E-state index contributed by atoms with van der Waals surface area (Å²) in [5, 5.41) is 16.1. The number of likely N-dealkylation sites (tertiary alicyclic amines) is 1. The second kappa shape index (κ2) is 6.59. The van der Waals surface area contributed by atoms with Crippen LogP contribution in [0, 0.1) is 19.8 Å². The molecule has 8 nitrogen and oxygen atoms in total. The van der Waals surface area contributed by atoms with E-state index in [9.17, 15) is 4.79 Å². The Bertz CT molecular complexity index is 753. The zero-order valence-electron chi connectivity index (χ0n) is 14.9. The van der Waals surface area contributed by atoms with Gasteiger partial charge in [0.25, 0.3) is 5.91 Å². The average molecular weight is 343 g/mol. The molecular formula is C17H25N7O. The van der Waals surface area contributed by atoms with Gasteiger partial charge in [0.1, 0.15) is 0 Å². The summed E-state index contributed by atoms with van der Waals surface area (Å²) in [5.74, 6) is 0.531. The normalized spacial score (nSPS) is 21.4. The van der Waals surface area contributed by atoms with Crippen molar-refractivity contribution < 1.29 is 4.79 Å². The van der Waals surface area contributed by atoms with Crippen LogP contribution in [0.2, 0.25) is 0 Å². The number of carbonyl (C=O) groups excluding carboxylic acids is 1.